The Balaban J connectivity index is 2.21. The van der Waals surface area contributed by atoms with Crippen LogP contribution >= 0.6 is 0 Å². The van der Waals surface area contributed by atoms with Crippen LogP contribution < -0.4 is 4.74 Å². The molecule has 0 aliphatic carbocycles. The van der Waals surface area contributed by atoms with E-state index in [-0.39, 0.29) is 5.91 Å². The summed E-state index contributed by atoms with van der Waals surface area (Å²) < 4.78 is 10.5. The van der Waals surface area contributed by atoms with Crippen molar-refractivity contribution in [3.8, 4) is 5.75 Å². The highest BCUT2D eigenvalue weighted by Gasteiger charge is 2.19. The van der Waals surface area contributed by atoms with Crippen molar-refractivity contribution in [2.45, 2.75) is 6.42 Å². The molecule has 4 nitrogen and oxygen atoms in total. The first-order valence-corrected chi connectivity index (χ1v) is 6.41. The van der Waals surface area contributed by atoms with E-state index in [2.05, 4.69) is 6.58 Å². The van der Waals surface area contributed by atoms with Gasteiger partial charge in [-0.25, -0.2) is 0 Å². The van der Waals surface area contributed by atoms with Gasteiger partial charge in [0, 0.05) is 18.7 Å². The molecule has 0 unspecified atom stereocenters. The third kappa shape index (κ3) is 3.15. The number of amides is 1. The summed E-state index contributed by atoms with van der Waals surface area (Å²) in [5.41, 5.74) is 1.68. The van der Waals surface area contributed by atoms with Crippen LogP contribution in [0.25, 0.3) is 0 Å². The summed E-state index contributed by atoms with van der Waals surface area (Å²) in [7, 11) is 1.63. The van der Waals surface area contributed by atoms with E-state index in [1.807, 2.05) is 23.1 Å². The van der Waals surface area contributed by atoms with Crippen LogP contribution in [-0.2, 0) is 11.2 Å². The average molecular weight is 261 g/mol. The Labute approximate surface area is 113 Å². The summed E-state index contributed by atoms with van der Waals surface area (Å²) in [6.45, 7) is 6.26. The zero-order valence-corrected chi connectivity index (χ0v) is 11.2. The first-order chi connectivity index (χ1) is 9.26. The van der Waals surface area contributed by atoms with Gasteiger partial charge < -0.3 is 14.4 Å². The molecule has 0 saturated carbocycles. The fourth-order valence-corrected chi connectivity index (χ4v) is 2.18. The molecule has 1 aliphatic rings. The number of morpholine rings is 1. The highest BCUT2D eigenvalue weighted by atomic mass is 16.5. The van der Waals surface area contributed by atoms with Gasteiger partial charge in [-0.05, 0) is 30.2 Å². The summed E-state index contributed by atoms with van der Waals surface area (Å²) in [4.78, 5) is 14.2. The second-order valence-electron chi connectivity index (χ2n) is 4.42. The van der Waals surface area contributed by atoms with Crippen LogP contribution in [0.5, 0.6) is 5.75 Å². The second-order valence-corrected chi connectivity index (χ2v) is 4.42. The Bertz CT molecular complexity index is 464. The van der Waals surface area contributed by atoms with Gasteiger partial charge in [-0.3, -0.25) is 4.79 Å². The number of hydrogen-bond acceptors (Lipinski definition) is 3. The number of allylic oxidation sites excluding steroid dienone is 1. The molecule has 1 aromatic rings. The molecule has 1 saturated heterocycles. The molecule has 2 rings (SSSR count). The third-order valence-corrected chi connectivity index (χ3v) is 3.19. The molecule has 0 atom stereocenters. The minimum Gasteiger partial charge on any atom is -0.496 e. The lowest BCUT2D eigenvalue weighted by molar-refractivity contribution is 0.0303. The Morgan fingerprint density at radius 3 is 2.84 bits per heavy atom. The van der Waals surface area contributed by atoms with Crippen molar-refractivity contribution in [2.24, 2.45) is 0 Å². The quantitative estimate of drug-likeness (QED) is 0.777. The summed E-state index contributed by atoms with van der Waals surface area (Å²) in [6, 6.07) is 5.54. The third-order valence-electron chi connectivity index (χ3n) is 3.19. The molecule has 1 fully saturated rings. The topological polar surface area (TPSA) is 38.8 Å². The summed E-state index contributed by atoms with van der Waals surface area (Å²) >= 11 is 0. The van der Waals surface area contributed by atoms with Crippen LogP contribution in [-0.4, -0.2) is 44.2 Å². The van der Waals surface area contributed by atoms with Gasteiger partial charge in [0.1, 0.15) is 5.75 Å². The molecule has 0 aromatic heterocycles. The maximum atomic E-state index is 12.4. The monoisotopic (exact) mass is 261 g/mol. The molecular weight excluding hydrogens is 242 g/mol. The van der Waals surface area contributed by atoms with Gasteiger partial charge >= 0.3 is 0 Å². The SMILES string of the molecule is C=CCc1cc(C(=O)N2CCOCC2)ccc1OC. The Morgan fingerprint density at radius 2 is 2.21 bits per heavy atom. The van der Waals surface area contributed by atoms with Gasteiger partial charge in [0.15, 0.2) is 0 Å². The lowest BCUT2D eigenvalue weighted by Gasteiger charge is -2.27. The van der Waals surface area contributed by atoms with Crippen LogP contribution in [0, 0.1) is 0 Å². The van der Waals surface area contributed by atoms with Crippen LogP contribution in [0.4, 0.5) is 0 Å². The maximum absolute atomic E-state index is 12.4. The Morgan fingerprint density at radius 1 is 1.47 bits per heavy atom. The first kappa shape index (κ1) is 13.6. The number of nitrogens with zero attached hydrogens (tertiary/aromatic N) is 1. The zero-order chi connectivity index (χ0) is 13.7. The largest absolute Gasteiger partial charge is 0.496 e. The van der Waals surface area contributed by atoms with Crippen LogP contribution in [0.1, 0.15) is 15.9 Å². The lowest BCUT2D eigenvalue weighted by atomic mass is 10.1. The van der Waals surface area contributed by atoms with Crippen molar-refractivity contribution >= 4 is 5.91 Å². The smallest absolute Gasteiger partial charge is 0.254 e. The van der Waals surface area contributed by atoms with Crippen LogP contribution in [0.15, 0.2) is 30.9 Å². The fourth-order valence-electron chi connectivity index (χ4n) is 2.18. The normalized spacial score (nSPS) is 15.1. The maximum Gasteiger partial charge on any atom is 0.254 e. The van der Waals surface area contributed by atoms with Gasteiger partial charge in [-0.15, -0.1) is 6.58 Å². The molecule has 19 heavy (non-hydrogen) atoms. The zero-order valence-electron chi connectivity index (χ0n) is 11.2. The number of carbonyl (C=O) groups is 1. The number of benzene rings is 1. The Hall–Kier alpha value is -1.81. The van der Waals surface area contributed by atoms with Gasteiger partial charge in [0.05, 0.1) is 20.3 Å². The van der Waals surface area contributed by atoms with Gasteiger partial charge in [-0.1, -0.05) is 6.08 Å². The van der Waals surface area contributed by atoms with Crippen molar-refractivity contribution in [3.63, 3.8) is 0 Å². The number of hydrogen-bond donors (Lipinski definition) is 0. The molecular formula is C15H19NO3. The lowest BCUT2D eigenvalue weighted by Crippen LogP contribution is -2.40. The molecule has 102 valence electrons. The fraction of sp³-hybridized carbons (Fsp3) is 0.400. The van der Waals surface area contributed by atoms with Gasteiger partial charge in [0.2, 0.25) is 0 Å². The highest BCUT2D eigenvalue weighted by molar-refractivity contribution is 5.94. The van der Waals surface area contributed by atoms with E-state index in [9.17, 15) is 4.79 Å². The predicted molar refractivity (Wildman–Crippen MR) is 73.6 cm³/mol. The standard InChI is InChI=1S/C15H19NO3/c1-3-4-12-11-13(5-6-14(12)18-2)15(17)16-7-9-19-10-8-16/h3,5-6,11H,1,4,7-10H2,2H3. The highest BCUT2D eigenvalue weighted by Crippen LogP contribution is 2.21. The predicted octanol–water partition coefficient (Wildman–Crippen LogP) is 1.90. The van der Waals surface area contributed by atoms with E-state index in [4.69, 9.17) is 9.47 Å². The Kier molecular flexibility index (Phi) is 4.58. The summed E-state index contributed by atoms with van der Waals surface area (Å²) in [6.07, 6.45) is 2.49. The van der Waals surface area contributed by atoms with Gasteiger partial charge in [-0.2, -0.15) is 0 Å². The molecule has 1 aliphatic heterocycles. The number of rotatable bonds is 4. The number of carbonyl (C=O) groups excluding carboxylic acids is 1. The minimum absolute atomic E-state index is 0.0521. The molecule has 4 heteroatoms. The molecule has 0 radical (unpaired) electrons. The van der Waals surface area contributed by atoms with Crippen molar-refractivity contribution in [2.75, 3.05) is 33.4 Å². The van der Waals surface area contributed by atoms with Crippen molar-refractivity contribution in [1.82, 2.24) is 4.90 Å². The minimum atomic E-state index is 0.0521. The molecule has 1 aromatic carbocycles. The first-order valence-electron chi connectivity index (χ1n) is 6.41. The van der Waals surface area contributed by atoms with E-state index in [1.165, 1.54) is 0 Å². The van der Waals surface area contributed by atoms with E-state index in [1.54, 1.807) is 13.2 Å². The second kappa shape index (κ2) is 6.38. The van der Waals surface area contributed by atoms with E-state index < -0.39 is 0 Å². The average Bonchev–Trinajstić information content (AvgIpc) is 2.47. The van der Waals surface area contributed by atoms with E-state index in [0.717, 1.165) is 11.3 Å². The van der Waals surface area contributed by atoms with Crippen LogP contribution in [0.2, 0.25) is 0 Å². The molecule has 0 spiro atoms. The van der Waals surface area contributed by atoms with Crippen molar-refractivity contribution < 1.29 is 14.3 Å². The van der Waals surface area contributed by atoms with Crippen molar-refractivity contribution in [1.29, 1.82) is 0 Å². The van der Waals surface area contributed by atoms with E-state index in [0.29, 0.717) is 38.3 Å². The van der Waals surface area contributed by atoms with Crippen LogP contribution in [0.3, 0.4) is 0 Å². The summed E-state index contributed by atoms with van der Waals surface area (Å²) in [5, 5.41) is 0. The van der Waals surface area contributed by atoms with Gasteiger partial charge in [0.25, 0.3) is 5.91 Å². The number of methoxy groups -OCH3 is 1. The molecule has 0 bridgehead atoms. The van der Waals surface area contributed by atoms with Crippen molar-refractivity contribution in [3.05, 3.63) is 42.0 Å². The molecule has 0 N–H and O–H groups in total. The molecule has 1 amide bonds. The van der Waals surface area contributed by atoms with E-state index >= 15 is 0 Å². The molecule has 1 heterocycles. The summed E-state index contributed by atoms with van der Waals surface area (Å²) in [5.74, 6) is 0.842. The number of ether oxygens (including phenoxy) is 2.